The zero-order valence-electron chi connectivity index (χ0n) is 12.4. The van der Waals surface area contributed by atoms with Gasteiger partial charge < -0.3 is 4.52 Å². The van der Waals surface area contributed by atoms with Crippen molar-refractivity contribution >= 4 is 23.1 Å². The Kier molecular flexibility index (Phi) is 3.90. The highest BCUT2D eigenvalue weighted by Crippen LogP contribution is 2.41. The number of rotatable bonds is 5. The molecule has 0 spiro atoms. The van der Waals surface area contributed by atoms with Crippen molar-refractivity contribution in [1.29, 1.82) is 0 Å². The van der Waals surface area contributed by atoms with E-state index in [1.807, 2.05) is 12.3 Å². The first-order valence-electron chi connectivity index (χ1n) is 7.40. The van der Waals surface area contributed by atoms with Crippen molar-refractivity contribution in [2.45, 2.75) is 35.3 Å². The molecule has 1 aromatic carbocycles. The van der Waals surface area contributed by atoms with E-state index in [1.165, 1.54) is 12.1 Å². The van der Waals surface area contributed by atoms with Crippen molar-refractivity contribution in [1.82, 2.24) is 15.1 Å². The molecule has 0 aliphatic heterocycles. The van der Waals surface area contributed by atoms with Gasteiger partial charge in [0.15, 0.2) is 10.2 Å². The van der Waals surface area contributed by atoms with Gasteiger partial charge in [-0.25, -0.2) is 9.37 Å². The van der Waals surface area contributed by atoms with E-state index < -0.39 is 0 Å². The van der Waals surface area contributed by atoms with Crippen LogP contribution in [0.25, 0.3) is 11.3 Å². The summed E-state index contributed by atoms with van der Waals surface area (Å²) in [5.41, 5.74) is 1.77. The van der Waals surface area contributed by atoms with Gasteiger partial charge in [-0.2, -0.15) is 4.98 Å². The topological polar surface area (TPSA) is 51.8 Å². The minimum Gasteiger partial charge on any atom is -0.338 e. The van der Waals surface area contributed by atoms with Crippen LogP contribution in [0, 0.1) is 5.82 Å². The molecule has 118 valence electrons. The number of halogens is 1. The van der Waals surface area contributed by atoms with E-state index in [9.17, 15) is 4.39 Å². The van der Waals surface area contributed by atoms with Crippen molar-refractivity contribution in [3.8, 4) is 11.3 Å². The van der Waals surface area contributed by atoms with Gasteiger partial charge in [0.05, 0.1) is 10.9 Å². The number of thiazole rings is 1. The average Bonchev–Trinajstić information content (AvgIpc) is 3.10. The van der Waals surface area contributed by atoms with Crippen LogP contribution in [0.1, 0.15) is 42.6 Å². The van der Waals surface area contributed by atoms with E-state index in [1.54, 1.807) is 35.2 Å². The maximum Gasteiger partial charge on any atom is 0.239 e. The lowest BCUT2D eigenvalue weighted by Gasteiger charge is -2.02. The van der Waals surface area contributed by atoms with Crippen molar-refractivity contribution in [3.05, 3.63) is 47.2 Å². The number of hydrogen-bond acceptors (Lipinski definition) is 6. The largest absolute Gasteiger partial charge is 0.338 e. The molecule has 0 N–H and O–H groups in total. The van der Waals surface area contributed by atoms with E-state index in [-0.39, 0.29) is 11.1 Å². The molecule has 2 aromatic heterocycles. The van der Waals surface area contributed by atoms with Crippen LogP contribution < -0.4 is 0 Å². The molecule has 1 saturated carbocycles. The van der Waals surface area contributed by atoms with Crippen LogP contribution in [0.4, 0.5) is 4.39 Å². The molecule has 4 rings (SSSR count). The second-order valence-corrected chi connectivity index (χ2v) is 7.98. The predicted octanol–water partition coefficient (Wildman–Crippen LogP) is 5.06. The van der Waals surface area contributed by atoms with Crippen molar-refractivity contribution in [3.63, 3.8) is 0 Å². The van der Waals surface area contributed by atoms with Gasteiger partial charge in [-0.3, -0.25) is 0 Å². The quantitative estimate of drug-likeness (QED) is 0.604. The molecule has 7 heteroatoms. The fourth-order valence-corrected chi connectivity index (χ4v) is 4.19. The Labute approximate surface area is 141 Å². The first-order valence-corrected chi connectivity index (χ1v) is 9.16. The van der Waals surface area contributed by atoms with Gasteiger partial charge in [0.25, 0.3) is 0 Å². The fraction of sp³-hybridized carbons (Fsp3) is 0.312. The Morgan fingerprint density at radius 3 is 2.78 bits per heavy atom. The molecule has 0 amide bonds. The standard InChI is InChI=1S/C16H14FN3OS2/c1-9(15-19-14(20-21-15)11-2-3-11)23-16-18-13(8-22-16)10-4-6-12(17)7-5-10/h4-9,11H,2-3H2,1H3. The van der Waals surface area contributed by atoms with Gasteiger partial charge in [-0.05, 0) is 44.0 Å². The molecule has 0 bridgehead atoms. The molecule has 1 aliphatic carbocycles. The molecule has 1 atom stereocenters. The Morgan fingerprint density at radius 1 is 1.26 bits per heavy atom. The minimum absolute atomic E-state index is 0.0576. The Hall–Kier alpha value is -1.73. The SMILES string of the molecule is CC(Sc1nc(-c2ccc(F)cc2)cs1)c1nc(C2CC2)no1. The van der Waals surface area contributed by atoms with Crippen LogP contribution in [0.5, 0.6) is 0 Å². The summed E-state index contributed by atoms with van der Waals surface area (Å²) in [4.78, 5) is 9.08. The van der Waals surface area contributed by atoms with Gasteiger partial charge in [-0.1, -0.05) is 16.9 Å². The van der Waals surface area contributed by atoms with E-state index in [0.717, 1.165) is 34.3 Å². The molecule has 3 aromatic rings. The lowest BCUT2D eigenvalue weighted by atomic mass is 10.2. The van der Waals surface area contributed by atoms with E-state index in [0.29, 0.717) is 11.8 Å². The summed E-state index contributed by atoms with van der Waals surface area (Å²) in [5, 5.41) is 6.09. The van der Waals surface area contributed by atoms with E-state index in [4.69, 9.17) is 4.52 Å². The third-order valence-electron chi connectivity index (χ3n) is 3.65. The third kappa shape index (κ3) is 3.30. The van der Waals surface area contributed by atoms with Crippen LogP contribution in [-0.2, 0) is 0 Å². The summed E-state index contributed by atoms with van der Waals surface area (Å²) in [5.74, 6) is 1.73. The second kappa shape index (κ2) is 6.05. The summed E-state index contributed by atoms with van der Waals surface area (Å²) < 4.78 is 19.3. The molecule has 0 saturated heterocycles. The molecule has 1 unspecified atom stereocenters. The molecule has 4 nitrogen and oxygen atoms in total. The predicted molar refractivity (Wildman–Crippen MR) is 88.1 cm³/mol. The number of hydrogen-bond donors (Lipinski definition) is 0. The molecule has 2 heterocycles. The second-order valence-electron chi connectivity index (χ2n) is 5.53. The van der Waals surface area contributed by atoms with Crippen LogP contribution >= 0.6 is 23.1 Å². The van der Waals surface area contributed by atoms with Crippen molar-refractivity contribution in [2.75, 3.05) is 0 Å². The molecule has 1 fully saturated rings. The molecule has 0 radical (unpaired) electrons. The molecular weight excluding hydrogens is 333 g/mol. The van der Waals surface area contributed by atoms with Gasteiger partial charge in [0.2, 0.25) is 5.89 Å². The lowest BCUT2D eigenvalue weighted by Crippen LogP contribution is -1.89. The summed E-state index contributed by atoms with van der Waals surface area (Å²) in [6.45, 7) is 2.04. The summed E-state index contributed by atoms with van der Waals surface area (Å²) in [6, 6.07) is 6.37. The fourth-order valence-electron chi connectivity index (χ4n) is 2.19. The highest BCUT2D eigenvalue weighted by atomic mass is 32.2. The Balaban J connectivity index is 1.46. The highest BCUT2D eigenvalue weighted by molar-refractivity contribution is 8.01. The van der Waals surface area contributed by atoms with Crippen LogP contribution in [0.2, 0.25) is 0 Å². The lowest BCUT2D eigenvalue weighted by molar-refractivity contribution is 0.375. The normalized spacial score (nSPS) is 15.7. The molecule has 1 aliphatic rings. The van der Waals surface area contributed by atoms with Crippen LogP contribution in [0.3, 0.4) is 0 Å². The summed E-state index contributed by atoms with van der Waals surface area (Å²) in [6.07, 6.45) is 2.32. The number of benzene rings is 1. The number of aromatic nitrogens is 3. The van der Waals surface area contributed by atoms with E-state index >= 15 is 0 Å². The number of thioether (sulfide) groups is 1. The highest BCUT2D eigenvalue weighted by Gasteiger charge is 2.29. The van der Waals surface area contributed by atoms with Gasteiger partial charge >= 0.3 is 0 Å². The first-order chi connectivity index (χ1) is 11.2. The molecular formula is C16H14FN3OS2. The van der Waals surface area contributed by atoms with E-state index in [2.05, 4.69) is 15.1 Å². The van der Waals surface area contributed by atoms with Crippen LogP contribution in [-0.4, -0.2) is 15.1 Å². The maximum absolute atomic E-state index is 13.0. The van der Waals surface area contributed by atoms with Crippen molar-refractivity contribution in [2.24, 2.45) is 0 Å². The number of nitrogens with zero attached hydrogens (tertiary/aromatic N) is 3. The smallest absolute Gasteiger partial charge is 0.239 e. The van der Waals surface area contributed by atoms with Gasteiger partial charge in [-0.15, -0.1) is 11.3 Å². The van der Waals surface area contributed by atoms with Crippen LogP contribution in [0.15, 0.2) is 38.5 Å². The molecule has 23 heavy (non-hydrogen) atoms. The average molecular weight is 347 g/mol. The zero-order valence-corrected chi connectivity index (χ0v) is 14.0. The third-order valence-corrected chi connectivity index (χ3v) is 5.71. The summed E-state index contributed by atoms with van der Waals surface area (Å²) >= 11 is 3.16. The Morgan fingerprint density at radius 2 is 2.04 bits per heavy atom. The maximum atomic E-state index is 13.0. The first kappa shape index (κ1) is 14.8. The van der Waals surface area contributed by atoms with Gasteiger partial charge in [0.1, 0.15) is 5.82 Å². The summed E-state index contributed by atoms with van der Waals surface area (Å²) in [7, 11) is 0. The zero-order chi connectivity index (χ0) is 15.8. The Bertz CT molecular complexity index is 811. The van der Waals surface area contributed by atoms with Gasteiger partial charge in [0, 0.05) is 16.9 Å². The van der Waals surface area contributed by atoms with Crippen molar-refractivity contribution < 1.29 is 8.91 Å². The monoisotopic (exact) mass is 347 g/mol. The minimum atomic E-state index is -0.241.